The molecule has 1 fully saturated rings. The Labute approximate surface area is 84.3 Å². The SMILES string of the molecule is Cc1ccccc1C(C)(F)C1CNC1. The Kier molecular flexibility index (Phi) is 2.31. The van der Waals surface area contributed by atoms with Gasteiger partial charge in [-0.25, -0.2) is 4.39 Å². The predicted molar refractivity (Wildman–Crippen MR) is 56.0 cm³/mol. The van der Waals surface area contributed by atoms with Gasteiger partial charge < -0.3 is 5.32 Å². The number of alkyl halides is 1. The van der Waals surface area contributed by atoms with E-state index in [0.29, 0.717) is 0 Å². The monoisotopic (exact) mass is 193 g/mol. The Morgan fingerprint density at radius 1 is 1.36 bits per heavy atom. The summed E-state index contributed by atoms with van der Waals surface area (Å²) in [6.07, 6.45) is 0. The van der Waals surface area contributed by atoms with Crippen LogP contribution in [0.25, 0.3) is 0 Å². The molecule has 1 aliphatic rings. The van der Waals surface area contributed by atoms with Crippen LogP contribution in [0, 0.1) is 12.8 Å². The summed E-state index contributed by atoms with van der Waals surface area (Å²) in [5.41, 5.74) is 0.701. The second-order valence-electron chi connectivity index (χ2n) is 4.25. The van der Waals surface area contributed by atoms with Crippen molar-refractivity contribution >= 4 is 0 Å². The zero-order valence-corrected chi connectivity index (χ0v) is 8.68. The first-order chi connectivity index (χ1) is 6.62. The molecule has 0 saturated carbocycles. The molecule has 0 radical (unpaired) electrons. The van der Waals surface area contributed by atoms with Gasteiger partial charge in [-0.1, -0.05) is 24.3 Å². The molecule has 1 unspecified atom stereocenters. The Hall–Kier alpha value is -0.890. The van der Waals surface area contributed by atoms with Crippen LogP contribution < -0.4 is 5.32 Å². The van der Waals surface area contributed by atoms with Crippen LogP contribution >= 0.6 is 0 Å². The first-order valence-corrected chi connectivity index (χ1v) is 5.08. The van der Waals surface area contributed by atoms with E-state index >= 15 is 0 Å². The fourth-order valence-electron chi connectivity index (χ4n) is 2.01. The van der Waals surface area contributed by atoms with Crippen molar-refractivity contribution in [2.75, 3.05) is 13.1 Å². The maximum absolute atomic E-state index is 14.5. The van der Waals surface area contributed by atoms with Gasteiger partial charge in [0, 0.05) is 19.0 Å². The Morgan fingerprint density at radius 2 is 2.00 bits per heavy atom. The number of rotatable bonds is 2. The summed E-state index contributed by atoms with van der Waals surface area (Å²) in [5, 5.41) is 3.12. The number of hydrogen-bond acceptors (Lipinski definition) is 1. The number of benzene rings is 1. The molecule has 76 valence electrons. The maximum atomic E-state index is 14.5. The minimum Gasteiger partial charge on any atom is -0.316 e. The quantitative estimate of drug-likeness (QED) is 0.760. The highest BCUT2D eigenvalue weighted by Gasteiger charge is 2.40. The topological polar surface area (TPSA) is 12.0 Å². The van der Waals surface area contributed by atoms with E-state index in [1.165, 1.54) is 0 Å². The summed E-state index contributed by atoms with van der Waals surface area (Å²) in [7, 11) is 0. The minimum atomic E-state index is -1.18. The van der Waals surface area contributed by atoms with Gasteiger partial charge in [-0.2, -0.15) is 0 Å². The van der Waals surface area contributed by atoms with Crippen molar-refractivity contribution in [1.82, 2.24) is 5.32 Å². The summed E-state index contributed by atoms with van der Waals surface area (Å²) in [6.45, 7) is 5.25. The third-order valence-electron chi connectivity index (χ3n) is 3.22. The zero-order chi connectivity index (χ0) is 10.2. The van der Waals surface area contributed by atoms with Crippen LogP contribution in [0.3, 0.4) is 0 Å². The number of halogens is 1. The van der Waals surface area contributed by atoms with Gasteiger partial charge in [0.05, 0.1) is 0 Å². The zero-order valence-electron chi connectivity index (χ0n) is 8.68. The first-order valence-electron chi connectivity index (χ1n) is 5.08. The molecule has 1 atom stereocenters. The second-order valence-corrected chi connectivity index (χ2v) is 4.25. The lowest BCUT2D eigenvalue weighted by Crippen LogP contribution is -2.51. The van der Waals surface area contributed by atoms with E-state index in [4.69, 9.17) is 0 Å². The first kappa shape index (κ1) is 9.66. The lowest BCUT2D eigenvalue weighted by Gasteiger charge is -2.38. The largest absolute Gasteiger partial charge is 0.316 e. The molecule has 1 aromatic rings. The van der Waals surface area contributed by atoms with E-state index in [1.54, 1.807) is 6.92 Å². The molecule has 0 amide bonds. The van der Waals surface area contributed by atoms with Gasteiger partial charge in [0.1, 0.15) is 5.67 Å². The Morgan fingerprint density at radius 3 is 2.50 bits per heavy atom. The fraction of sp³-hybridized carbons (Fsp3) is 0.500. The van der Waals surface area contributed by atoms with Crippen LogP contribution in [0.15, 0.2) is 24.3 Å². The molecule has 0 aromatic heterocycles. The molecule has 1 saturated heterocycles. The summed E-state index contributed by atoms with van der Waals surface area (Å²) in [5.74, 6) is 0.128. The van der Waals surface area contributed by atoms with E-state index in [2.05, 4.69) is 5.32 Å². The van der Waals surface area contributed by atoms with Crippen LogP contribution in [0.2, 0.25) is 0 Å². The van der Waals surface area contributed by atoms with Crippen LogP contribution in [0.4, 0.5) is 4.39 Å². The van der Waals surface area contributed by atoms with Gasteiger partial charge in [0.2, 0.25) is 0 Å². The van der Waals surface area contributed by atoms with Crippen molar-refractivity contribution in [3.63, 3.8) is 0 Å². The minimum absolute atomic E-state index is 0.128. The average Bonchev–Trinajstić information content (AvgIpc) is 2.00. The van der Waals surface area contributed by atoms with Crippen LogP contribution in [0.1, 0.15) is 18.1 Å². The molecule has 1 N–H and O–H groups in total. The highest BCUT2D eigenvalue weighted by atomic mass is 19.1. The Bertz CT molecular complexity index is 329. The molecule has 2 heteroatoms. The van der Waals surface area contributed by atoms with Gasteiger partial charge in [0.25, 0.3) is 0 Å². The van der Waals surface area contributed by atoms with Gasteiger partial charge in [-0.3, -0.25) is 0 Å². The normalized spacial score (nSPS) is 21.4. The standard InChI is InChI=1S/C12H16FN/c1-9-5-3-4-6-11(9)12(2,13)10-7-14-8-10/h3-6,10,14H,7-8H2,1-2H3. The van der Waals surface area contributed by atoms with E-state index in [-0.39, 0.29) is 5.92 Å². The summed E-state index contributed by atoms with van der Waals surface area (Å²) in [4.78, 5) is 0. The molecule has 2 rings (SSSR count). The van der Waals surface area contributed by atoms with Crippen LogP contribution in [-0.4, -0.2) is 13.1 Å². The second kappa shape index (κ2) is 3.35. The van der Waals surface area contributed by atoms with Gasteiger partial charge >= 0.3 is 0 Å². The lowest BCUT2D eigenvalue weighted by molar-refractivity contribution is 0.0625. The van der Waals surface area contributed by atoms with E-state index in [9.17, 15) is 4.39 Å². The van der Waals surface area contributed by atoms with E-state index in [1.807, 2.05) is 31.2 Å². The molecule has 1 heterocycles. The maximum Gasteiger partial charge on any atom is 0.138 e. The van der Waals surface area contributed by atoms with Crippen molar-refractivity contribution in [3.05, 3.63) is 35.4 Å². The smallest absolute Gasteiger partial charge is 0.138 e. The molecule has 1 aromatic carbocycles. The van der Waals surface area contributed by atoms with Crippen LogP contribution in [-0.2, 0) is 5.67 Å². The van der Waals surface area contributed by atoms with Crippen LogP contribution in [0.5, 0.6) is 0 Å². The molecule has 1 aliphatic heterocycles. The number of nitrogens with one attached hydrogen (secondary N) is 1. The third kappa shape index (κ3) is 1.44. The third-order valence-corrected chi connectivity index (χ3v) is 3.22. The summed E-state index contributed by atoms with van der Waals surface area (Å²) >= 11 is 0. The van der Waals surface area contributed by atoms with Crippen molar-refractivity contribution in [3.8, 4) is 0 Å². The van der Waals surface area contributed by atoms with E-state index in [0.717, 1.165) is 24.2 Å². The predicted octanol–water partition coefficient (Wildman–Crippen LogP) is 2.40. The molecular formula is C12H16FN. The van der Waals surface area contributed by atoms with E-state index < -0.39 is 5.67 Å². The molecule has 0 bridgehead atoms. The summed E-state index contributed by atoms with van der Waals surface area (Å²) < 4.78 is 14.5. The van der Waals surface area contributed by atoms with Crippen molar-refractivity contribution in [2.24, 2.45) is 5.92 Å². The molecule has 0 spiro atoms. The molecule has 1 nitrogen and oxygen atoms in total. The Balaban J connectivity index is 2.32. The highest BCUT2D eigenvalue weighted by Crippen LogP contribution is 2.37. The van der Waals surface area contributed by atoms with Gasteiger partial charge in [0.15, 0.2) is 0 Å². The molecule has 0 aliphatic carbocycles. The lowest BCUT2D eigenvalue weighted by atomic mass is 9.79. The molecule has 14 heavy (non-hydrogen) atoms. The number of aryl methyl sites for hydroxylation is 1. The number of hydrogen-bond donors (Lipinski definition) is 1. The average molecular weight is 193 g/mol. The molecular weight excluding hydrogens is 177 g/mol. The van der Waals surface area contributed by atoms with Crippen molar-refractivity contribution < 1.29 is 4.39 Å². The van der Waals surface area contributed by atoms with Gasteiger partial charge in [-0.05, 0) is 25.0 Å². The summed E-state index contributed by atoms with van der Waals surface area (Å²) in [6, 6.07) is 7.73. The van der Waals surface area contributed by atoms with Crippen molar-refractivity contribution in [1.29, 1.82) is 0 Å². The highest BCUT2D eigenvalue weighted by molar-refractivity contribution is 5.32. The van der Waals surface area contributed by atoms with Crippen molar-refractivity contribution in [2.45, 2.75) is 19.5 Å². The fourth-order valence-corrected chi connectivity index (χ4v) is 2.01. The van der Waals surface area contributed by atoms with Gasteiger partial charge in [-0.15, -0.1) is 0 Å².